The maximum absolute atomic E-state index is 12.4. The third-order valence-corrected chi connectivity index (χ3v) is 5.64. The summed E-state index contributed by atoms with van der Waals surface area (Å²) in [6.45, 7) is 0. The van der Waals surface area contributed by atoms with Gasteiger partial charge in [-0.2, -0.15) is 5.26 Å². The summed E-state index contributed by atoms with van der Waals surface area (Å²) in [5, 5.41) is 13.7. The fourth-order valence-electron chi connectivity index (χ4n) is 2.62. The first-order valence-corrected chi connectivity index (χ1v) is 10.2. The highest BCUT2D eigenvalue weighted by Gasteiger charge is 2.14. The summed E-state index contributed by atoms with van der Waals surface area (Å²) in [5.41, 5.74) is 1.96. The van der Waals surface area contributed by atoms with E-state index in [1.807, 2.05) is 30.3 Å². The summed E-state index contributed by atoms with van der Waals surface area (Å²) in [7, 11) is 0. The third kappa shape index (κ3) is 4.36. The Morgan fingerprint density at radius 3 is 2.80 bits per heavy atom. The second-order valence-corrected chi connectivity index (χ2v) is 7.82. The van der Waals surface area contributed by atoms with Crippen molar-refractivity contribution in [3.8, 4) is 6.07 Å². The highest BCUT2D eigenvalue weighted by Crippen LogP contribution is 2.31. The Balaban J connectivity index is 1.50. The second kappa shape index (κ2) is 8.67. The average Bonchev–Trinajstić information content (AvgIpc) is 3.35. The molecular formula is C21H12Cl2N4O2S. The first kappa shape index (κ1) is 20.1. The van der Waals surface area contributed by atoms with Gasteiger partial charge in [-0.05, 0) is 48.2 Å². The number of halogens is 2. The minimum absolute atomic E-state index is 0.138. The first-order valence-electron chi connectivity index (χ1n) is 8.63. The van der Waals surface area contributed by atoms with Crippen LogP contribution in [0.1, 0.15) is 5.76 Å². The Kier molecular flexibility index (Phi) is 5.81. The fraction of sp³-hybridized carbons (Fsp3) is 0. The first-order chi connectivity index (χ1) is 14.5. The number of para-hydroxylation sites is 2. The number of benzene rings is 2. The van der Waals surface area contributed by atoms with E-state index in [-0.39, 0.29) is 10.6 Å². The molecule has 2 aromatic heterocycles. The molecule has 0 aliphatic heterocycles. The van der Waals surface area contributed by atoms with Gasteiger partial charge in [0, 0.05) is 6.08 Å². The van der Waals surface area contributed by atoms with Crippen molar-refractivity contribution >= 4 is 63.7 Å². The number of rotatable bonds is 5. The van der Waals surface area contributed by atoms with Gasteiger partial charge in [-0.25, -0.2) is 4.98 Å². The van der Waals surface area contributed by atoms with Crippen molar-refractivity contribution in [1.29, 1.82) is 5.26 Å². The van der Waals surface area contributed by atoms with Gasteiger partial charge in [0.15, 0.2) is 10.2 Å². The van der Waals surface area contributed by atoms with Crippen molar-refractivity contribution in [3.05, 3.63) is 76.0 Å². The summed E-state index contributed by atoms with van der Waals surface area (Å²) in [6.07, 6.45) is 1.36. The normalized spacial score (nSPS) is 11.4. The third-order valence-electron chi connectivity index (χ3n) is 4.02. The number of carbonyl (C=O) groups is 1. The van der Waals surface area contributed by atoms with Crippen LogP contribution >= 0.6 is 35.0 Å². The maximum atomic E-state index is 12.4. The van der Waals surface area contributed by atoms with Crippen LogP contribution in [0.2, 0.25) is 10.0 Å². The predicted molar refractivity (Wildman–Crippen MR) is 118 cm³/mol. The number of imidazole rings is 1. The van der Waals surface area contributed by atoms with Gasteiger partial charge in [-0.1, -0.05) is 41.4 Å². The molecule has 4 aromatic rings. The topological polar surface area (TPSA) is 94.7 Å². The lowest BCUT2D eigenvalue weighted by molar-refractivity contribution is -0.112. The van der Waals surface area contributed by atoms with Crippen LogP contribution in [0, 0.1) is 11.3 Å². The van der Waals surface area contributed by atoms with Crippen molar-refractivity contribution < 1.29 is 9.21 Å². The lowest BCUT2D eigenvalue weighted by Gasteiger charge is -2.07. The zero-order valence-electron chi connectivity index (χ0n) is 15.1. The highest BCUT2D eigenvalue weighted by molar-refractivity contribution is 7.99. The van der Waals surface area contributed by atoms with Gasteiger partial charge >= 0.3 is 0 Å². The summed E-state index contributed by atoms with van der Waals surface area (Å²) in [4.78, 5) is 20.1. The van der Waals surface area contributed by atoms with Crippen molar-refractivity contribution in [2.75, 3.05) is 5.32 Å². The average molecular weight is 455 g/mol. The van der Waals surface area contributed by atoms with E-state index >= 15 is 0 Å². The molecule has 0 unspecified atom stereocenters. The monoisotopic (exact) mass is 454 g/mol. The van der Waals surface area contributed by atoms with E-state index in [0.717, 1.165) is 11.0 Å². The molecule has 0 radical (unpaired) electrons. The SMILES string of the molecule is N#C/C(=C/c1ccc(Sc2nc3ccccc3[nH]2)o1)C(=O)Nc1cccc(Cl)c1Cl. The van der Waals surface area contributed by atoms with E-state index in [4.69, 9.17) is 27.6 Å². The molecule has 0 aliphatic rings. The van der Waals surface area contributed by atoms with Crippen LogP contribution in [0.25, 0.3) is 17.1 Å². The van der Waals surface area contributed by atoms with Crippen LogP contribution in [0.15, 0.2) is 74.8 Å². The van der Waals surface area contributed by atoms with Crippen molar-refractivity contribution in [1.82, 2.24) is 9.97 Å². The molecule has 4 rings (SSSR count). The lowest BCUT2D eigenvalue weighted by Crippen LogP contribution is -2.13. The molecule has 1 amide bonds. The van der Waals surface area contributed by atoms with Crippen molar-refractivity contribution in [2.45, 2.75) is 10.2 Å². The maximum Gasteiger partial charge on any atom is 0.266 e. The number of H-pyrrole nitrogens is 1. The summed E-state index contributed by atoms with van der Waals surface area (Å²) in [6, 6.07) is 17.8. The number of anilines is 1. The quantitative estimate of drug-likeness (QED) is 0.278. The van der Waals surface area contributed by atoms with Gasteiger partial charge in [0.25, 0.3) is 5.91 Å². The Morgan fingerprint density at radius 2 is 2.00 bits per heavy atom. The lowest BCUT2D eigenvalue weighted by atomic mass is 10.2. The largest absolute Gasteiger partial charge is 0.450 e. The number of nitriles is 1. The van der Waals surface area contributed by atoms with Gasteiger partial charge in [0.1, 0.15) is 17.4 Å². The van der Waals surface area contributed by atoms with Gasteiger partial charge in [-0.3, -0.25) is 4.79 Å². The van der Waals surface area contributed by atoms with E-state index in [1.54, 1.807) is 30.3 Å². The number of aromatic amines is 1. The van der Waals surface area contributed by atoms with Gasteiger partial charge in [-0.15, -0.1) is 0 Å². The van der Waals surface area contributed by atoms with Crippen molar-refractivity contribution in [2.24, 2.45) is 0 Å². The number of carbonyl (C=O) groups excluding carboxylic acids is 1. The number of hydrogen-bond acceptors (Lipinski definition) is 5. The van der Waals surface area contributed by atoms with Crippen LogP contribution in [0.3, 0.4) is 0 Å². The fourth-order valence-corrected chi connectivity index (χ4v) is 3.74. The molecule has 0 saturated heterocycles. The summed E-state index contributed by atoms with van der Waals surface area (Å²) >= 11 is 13.3. The minimum atomic E-state index is -0.621. The predicted octanol–water partition coefficient (Wildman–Crippen LogP) is 6.16. The van der Waals surface area contributed by atoms with Crippen LogP contribution < -0.4 is 5.32 Å². The number of nitrogens with one attached hydrogen (secondary N) is 2. The Bertz CT molecular complexity index is 1290. The molecule has 0 atom stereocenters. The number of amides is 1. The van der Waals surface area contributed by atoms with E-state index < -0.39 is 5.91 Å². The number of furan rings is 1. The molecule has 0 spiro atoms. The van der Waals surface area contributed by atoms with Crippen LogP contribution in [0.5, 0.6) is 0 Å². The van der Waals surface area contributed by atoms with E-state index in [9.17, 15) is 10.1 Å². The van der Waals surface area contributed by atoms with Crippen LogP contribution in [-0.4, -0.2) is 15.9 Å². The van der Waals surface area contributed by atoms with Crippen molar-refractivity contribution in [3.63, 3.8) is 0 Å². The molecular weight excluding hydrogens is 443 g/mol. The highest BCUT2D eigenvalue weighted by atomic mass is 35.5. The molecule has 2 heterocycles. The summed E-state index contributed by atoms with van der Waals surface area (Å²) in [5.74, 6) is -0.262. The minimum Gasteiger partial charge on any atom is -0.450 e. The number of fused-ring (bicyclic) bond motifs is 1. The van der Waals surface area contributed by atoms with E-state index in [1.165, 1.54) is 17.8 Å². The van der Waals surface area contributed by atoms with Gasteiger partial charge < -0.3 is 14.7 Å². The van der Waals surface area contributed by atoms with E-state index in [2.05, 4.69) is 15.3 Å². The zero-order chi connectivity index (χ0) is 21.1. The molecule has 9 heteroatoms. The number of hydrogen-bond donors (Lipinski definition) is 2. The number of nitrogens with zero attached hydrogens (tertiary/aromatic N) is 2. The van der Waals surface area contributed by atoms with Gasteiger partial charge in [0.2, 0.25) is 0 Å². The van der Waals surface area contributed by atoms with Crippen LogP contribution in [0.4, 0.5) is 5.69 Å². The Labute approximate surface area is 185 Å². The van der Waals surface area contributed by atoms with E-state index in [0.29, 0.717) is 26.7 Å². The molecule has 30 heavy (non-hydrogen) atoms. The zero-order valence-corrected chi connectivity index (χ0v) is 17.5. The molecule has 0 fully saturated rings. The Morgan fingerprint density at radius 1 is 1.17 bits per heavy atom. The molecule has 6 nitrogen and oxygen atoms in total. The smallest absolute Gasteiger partial charge is 0.266 e. The standard InChI is InChI=1S/C21H12Cl2N4O2S/c22-14-4-3-7-17(19(14)23)25-20(28)12(11-24)10-13-8-9-18(29-13)30-21-26-15-5-1-2-6-16(15)27-21/h1-10H,(H,25,28)(H,26,27)/b12-10-. The van der Waals surface area contributed by atoms with Crippen LogP contribution in [-0.2, 0) is 4.79 Å². The summed E-state index contributed by atoms with van der Waals surface area (Å²) < 4.78 is 5.71. The molecule has 148 valence electrons. The molecule has 0 bridgehead atoms. The molecule has 2 aromatic carbocycles. The second-order valence-electron chi connectivity index (χ2n) is 6.04. The molecule has 2 N–H and O–H groups in total. The number of aromatic nitrogens is 2. The Hall–Kier alpha value is -3.18. The molecule has 0 saturated carbocycles. The van der Waals surface area contributed by atoms with Gasteiger partial charge in [0.05, 0.1) is 26.8 Å². The molecule has 0 aliphatic carbocycles.